The molecular weight excluding hydrogens is 220 g/mol. The van der Waals surface area contributed by atoms with Gasteiger partial charge in [-0.05, 0) is 26.7 Å². The van der Waals surface area contributed by atoms with Crippen molar-refractivity contribution in [2.45, 2.75) is 51.6 Å². The predicted octanol–water partition coefficient (Wildman–Crippen LogP) is 1.78. The fourth-order valence-electron chi connectivity index (χ4n) is 2.09. The molecule has 1 heterocycles. The van der Waals surface area contributed by atoms with Gasteiger partial charge >= 0.3 is 12.0 Å². The molecular formula is C12H22N2O3. The number of hydrogen-bond acceptors (Lipinski definition) is 2. The van der Waals surface area contributed by atoms with Gasteiger partial charge in [-0.25, -0.2) is 9.59 Å². The molecule has 0 bridgehead atoms. The van der Waals surface area contributed by atoms with Gasteiger partial charge in [0.2, 0.25) is 0 Å². The number of carbonyl (C=O) groups is 2. The van der Waals surface area contributed by atoms with Crippen LogP contribution in [-0.2, 0) is 4.79 Å². The molecule has 1 rings (SSSR count). The van der Waals surface area contributed by atoms with Gasteiger partial charge in [-0.1, -0.05) is 12.8 Å². The molecule has 2 atom stereocenters. The second kappa shape index (κ2) is 5.89. The van der Waals surface area contributed by atoms with Crippen LogP contribution < -0.4 is 0 Å². The van der Waals surface area contributed by atoms with Crippen molar-refractivity contribution in [1.29, 1.82) is 0 Å². The summed E-state index contributed by atoms with van der Waals surface area (Å²) in [6, 6.07) is -0.749. The summed E-state index contributed by atoms with van der Waals surface area (Å²) in [6.45, 7) is 4.29. The lowest BCUT2D eigenvalue weighted by atomic mass is 10.1. The minimum absolute atomic E-state index is 0.172. The third-order valence-corrected chi connectivity index (χ3v) is 3.54. The summed E-state index contributed by atoms with van der Waals surface area (Å²) in [5.74, 6) is -0.969. The van der Waals surface area contributed by atoms with Crippen LogP contribution in [0.5, 0.6) is 0 Å². The van der Waals surface area contributed by atoms with Gasteiger partial charge in [0.25, 0.3) is 0 Å². The Labute approximate surface area is 102 Å². The number of likely N-dealkylation sites (N-methyl/N-ethyl adjacent to an activating group) is 1. The molecule has 1 saturated heterocycles. The lowest BCUT2D eigenvalue weighted by molar-refractivity contribution is -0.141. The molecule has 2 unspecified atom stereocenters. The van der Waals surface area contributed by atoms with E-state index in [1.807, 2.05) is 6.92 Å². The zero-order chi connectivity index (χ0) is 13.0. The monoisotopic (exact) mass is 242 g/mol. The topological polar surface area (TPSA) is 60.9 Å². The molecule has 1 aliphatic heterocycles. The van der Waals surface area contributed by atoms with Crippen LogP contribution in [0.1, 0.15) is 39.5 Å². The number of carboxylic acids is 1. The second-order valence-electron chi connectivity index (χ2n) is 4.80. The highest BCUT2D eigenvalue weighted by molar-refractivity contribution is 5.82. The first kappa shape index (κ1) is 13.8. The second-order valence-corrected chi connectivity index (χ2v) is 4.80. The molecule has 0 aromatic carbocycles. The standard InChI is InChI=1S/C12H22N2O3/c1-9-7-5-4-6-8-14(9)12(17)13(3)10(2)11(15)16/h9-10H,4-8H2,1-3H3,(H,15,16). The molecule has 1 aliphatic rings. The summed E-state index contributed by atoms with van der Waals surface area (Å²) in [7, 11) is 1.55. The van der Waals surface area contributed by atoms with Gasteiger partial charge in [0.15, 0.2) is 0 Å². The Morgan fingerprint density at radius 1 is 1.35 bits per heavy atom. The number of aliphatic carboxylic acids is 1. The van der Waals surface area contributed by atoms with Crippen LogP contribution in [0.3, 0.4) is 0 Å². The van der Waals surface area contributed by atoms with Gasteiger partial charge in [-0.15, -0.1) is 0 Å². The van der Waals surface area contributed by atoms with Crippen LogP contribution in [0.2, 0.25) is 0 Å². The van der Waals surface area contributed by atoms with Crippen molar-refractivity contribution in [2.75, 3.05) is 13.6 Å². The number of hydrogen-bond donors (Lipinski definition) is 1. The molecule has 5 heteroatoms. The third-order valence-electron chi connectivity index (χ3n) is 3.54. The largest absolute Gasteiger partial charge is 0.480 e. The van der Waals surface area contributed by atoms with E-state index in [4.69, 9.17) is 5.11 Å². The molecule has 17 heavy (non-hydrogen) atoms. The van der Waals surface area contributed by atoms with Crippen LogP contribution in [0.4, 0.5) is 4.79 Å². The van der Waals surface area contributed by atoms with Crippen LogP contribution in [0.25, 0.3) is 0 Å². The van der Waals surface area contributed by atoms with E-state index in [1.54, 1.807) is 11.9 Å². The average molecular weight is 242 g/mol. The first-order chi connectivity index (χ1) is 7.95. The molecule has 98 valence electrons. The van der Waals surface area contributed by atoms with Crippen molar-refractivity contribution in [2.24, 2.45) is 0 Å². The Morgan fingerprint density at radius 2 is 2.00 bits per heavy atom. The normalized spacial score (nSPS) is 22.8. The minimum Gasteiger partial charge on any atom is -0.480 e. The van der Waals surface area contributed by atoms with E-state index in [9.17, 15) is 9.59 Å². The van der Waals surface area contributed by atoms with E-state index in [0.717, 1.165) is 32.2 Å². The van der Waals surface area contributed by atoms with Crippen LogP contribution in [0, 0.1) is 0 Å². The molecule has 1 fully saturated rings. The van der Waals surface area contributed by atoms with Gasteiger partial charge < -0.3 is 14.9 Å². The van der Waals surface area contributed by atoms with Crippen molar-refractivity contribution in [3.63, 3.8) is 0 Å². The summed E-state index contributed by atoms with van der Waals surface area (Å²) in [6.07, 6.45) is 4.29. The molecule has 0 spiro atoms. The lowest BCUT2D eigenvalue weighted by Gasteiger charge is -2.33. The molecule has 0 aromatic heterocycles. The first-order valence-electron chi connectivity index (χ1n) is 6.21. The number of nitrogens with zero attached hydrogens (tertiary/aromatic N) is 2. The summed E-state index contributed by atoms with van der Waals surface area (Å²) in [5.41, 5.74) is 0. The van der Waals surface area contributed by atoms with Crippen molar-refractivity contribution in [3.8, 4) is 0 Å². The van der Waals surface area contributed by atoms with Gasteiger partial charge in [0, 0.05) is 19.6 Å². The quantitative estimate of drug-likeness (QED) is 0.802. The molecule has 0 aliphatic carbocycles. The fourth-order valence-corrected chi connectivity index (χ4v) is 2.09. The lowest BCUT2D eigenvalue weighted by Crippen LogP contribution is -2.50. The van der Waals surface area contributed by atoms with Crippen molar-refractivity contribution in [3.05, 3.63) is 0 Å². The zero-order valence-electron chi connectivity index (χ0n) is 10.8. The Morgan fingerprint density at radius 3 is 2.59 bits per heavy atom. The van der Waals surface area contributed by atoms with E-state index < -0.39 is 12.0 Å². The number of carbonyl (C=O) groups excluding carboxylic acids is 1. The average Bonchev–Trinajstić information content (AvgIpc) is 2.50. The van der Waals surface area contributed by atoms with Crippen LogP contribution in [-0.4, -0.2) is 52.6 Å². The highest BCUT2D eigenvalue weighted by atomic mass is 16.4. The van der Waals surface area contributed by atoms with Crippen molar-refractivity contribution >= 4 is 12.0 Å². The van der Waals surface area contributed by atoms with E-state index in [0.29, 0.717) is 0 Å². The smallest absolute Gasteiger partial charge is 0.326 e. The van der Waals surface area contributed by atoms with E-state index in [1.165, 1.54) is 11.8 Å². The summed E-state index contributed by atoms with van der Waals surface area (Å²) in [5, 5.41) is 8.91. The molecule has 2 amide bonds. The van der Waals surface area contributed by atoms with Crippen LogP contribution >= 0.6 is 0 Å². The Balaban J connectivity index is 2.69. The van der Waals surface area contributed by atoms with E-state index in [-0.39, 0.29) is 12.1 Å². The number of urea groups is 1. The summed E-state index contributed by atoms with van der Waals surface area (Å²) in [4.78, 5) is 26.2. The SMILES string of the molecule is CC(C(=O)O)N(C)C(=O)N1CCCCCC1C. The zero-order valence-corrected chi connectivity index (χ0v) is 10.8. The fraction of sp³-hybridized carbons (Fsp3) is 0.833. The maximum atomic E-state index is 12.2. The van der Waals surface area contributed by atoms with E-state index >= 15 is 0 Å². The third kappa shape index (κ3) is 3.35. The minimum atomic E-state index is -0.969. The Hall–Kier alpha value is -1.26. The number of likely N-dealkylation sites (tertiary alicyclic amines) is 1. The van der Waals surface area contributed by atoms with Crippen molar-refractivity contribution < 1.29 is 14.7 Å². The van der Waals surface area contributed by atoms with Gasteiger partial charge in [-0.2, -0.15) is 0 Å². The molecule has 1 N–H and O–H groups in total. The van der Waals surface area contributed by atoms with Gasteiger partial charge in [0.1, 0.15) is 6.04 Å². The number of rotatable bonds is 2. The number of carboxylic acid groups (broad SMARTS) is 1. The first-order valence-corrected chi connectivity index (χ1v) is 6.21. The Bertz CT molecular complexity index is 293. The summed E-state index contributed by atoms with van der Waals surface area (Å²) < 4.78 is 0. The maximum absolute atomic E-state index is 12.2. The van der Waals surface area contributed by atoms with Crippen LogP contribution in [0.15, 0.2) is 0 Å². The van der Waals surface area contributed by atoms with Gasteiger partial charge in [0.05, 0.1) is 0 Å². The van der Waals surface area contributed by atoms with Gasteiger partial charge in [-0.3, -0.25) is 0 Å². The van der Waals surface area contributed by atoms with E-state index in [2.05, 4.69) is 0 Å². The van der Waals surface area contributed by atoms with Crippen molar-refractivity contribution in [1.82, 2.24) is 9.80 Å². The maximum Gasteiger partial charge on any atom is 0.326 e. The predicted molar refractivity (Wildman–Crippen MR) is 64.9 cm³/mol. The Kier molecular flexibility index (Phi) is 4.78. The summed E-state index contributed by atoms with van der Waals surface area (Å²) >= 11 is 0. The molecule has 0 saturated carbocycles. The molecule has 0 aromatic rings. The highest BCUT2D eigenvalue weighted by Crippen LogP contribution is 2.18. The molecule has 5 nitrogen and oxygen atoms in total. The number of amides is 2. The highest BCUT2D eigenvalue weighted by Gasteiger charge is 2.29. The molecule has 0 radical (unpaired) electrons.